The molecule has 4 N–H and O–H groups in total. The van der Waals surface area contributed by atoms with Crippen molar-refractivity contribution in [3.05, 3.63) is 52.5 Å². The van der Waals surface area contributed by atoms with Gasteiger partial charge in [0.05, 0.1) is 16.5 Å². The predicted octanol–water partition coefficient (Wildman–Crippen LogP) is 2.06. The average Bonchev–Trinajstić information content (AvgIpc) is 2.89. The molecule has 3 aromatic rings. The Morgan fingerprint density at radius 1 is 1.29 bits per heavy atom. The molecule has 0 atom stereocenters. The van der Waals surface area contributed by atoms with Crippen LogP contribution in [0.2, 0.25) is 0 Å². The molecule has 0 aliphatic rings. The van der Waals surface area contributed by atoms with Gasteiger partial charge in [-0.3, -0.25) is 20.2 Å². The number of benzene rings is 1. The molecule has 2 heterocycles. The maximum atomic E-state index is 11.1. The van der Waals surface area contributed by atoms with Crippen LogP contribution in [0.15, 0.2) is 36.8 Å². The van der Waals surface area contributed by atoms with Crippen LogP contribution in [0, 0.1) is 10.1 Å². The molecule has 21 heavy (non-hydrogen) atoms. The lowest BCUT2D eigenvalue weighted by Crippen LogP contribution is -2.02. The second kappa shape index (κ2) is 5.08. The maximum absolute atomic E-state index is 11.1. The third-order valence-corrected chi connectivity index (χ3v) is 3.21. The lowest BCUT2D eigenvalue weighted by atomic mass is 10.1. The van der Waals surface area contributed by atoms with E-state index in [0.717, 1.165) is 11.3 Å². The number of nitrogens with one attached hydrogen (secondary N) is 2. The lowest BCUT2D eigenvalue weighted by Gasteiger charge is -2.09. The van der Waals surface area contributed by atoms with Gasteiger partial charge in [-0.15, -0.1) is 0 Å². The molecule has 0 amide bonds. The van der Waals surface area contributed by atoms with Gasteiger partial charge < -0.3 is 11.1 Å². The summed E-state index contributed by atoms with van der Waals surface area (Å²) in [5.41, 5.74) is 7.36. The van der Waals surface area contributed by atoms with Crippen molar-refractivity contribution in [2.75, 3.05) is 11.1 Å². The summed E-state index contributed by atoms with van der Waals surface area (Å²) < 4.78 is 0. The van der Waals surface area contributed by atoms with Crippen molar-refractivity contribution >= 4 is 28.0 Å². The van der Waals surface area contributed by atoms with E-state index in [1.165, 1.54) is 12.3 Å². The molecule has 0 saturated heterocycles. The largest absolute Gasteiger partial charge is 0.384 e. The molecule has 3 rings (SSSR count). The van der Waals surface area contributed by atoms with E-state index in [1.54, 1.807) is 24.5 Å². The highest BCUT2D eigenvalue weighted by Crippen LogP contribution is 2.31. The highest BCUT2D eigenvalue weighted by Gasteiger charge is 2.14. The molecular weight excluding hydrogens is 272 g/mol. The number of rotatable bonds is 4. The number of hydrogen-bond acceptors (Lipinski definition) is 6. The van der Waals surface area contributed by atoms with E-state index in [1.807, 2.05) is 0 Å². The van der Waals surface area contributed by atoms with Gasteiger partial charge in [0.2, 0.25) is 0 Å². The first kappa shape index (κ1) is 12.9. The van der Waals surface area contributed by atoms with Crippen LogP contribution in [-0.4, -0.2) is 20.1 Å². The van der Waals surface area contributed by atoms with Crippen LogP contribution in [-0.2, 0) is 6.54 Å². The average molecular weight is 284 g/mol. The fourth-order valence-electron chi connectivity index (χ4n) is 2.14. The number of nitro benzene ring substituents is 1. The first-order valence-electron chi connectivity index (χ1n) is 6.19. The second-order valence-corrected chi connectivity index (χ2v) is 4.47. The number of pyridine rings is 1. The monoisotopic (exact) mass is 284 g/mol. The molecule has 2 aromatic heterocycles. The SMILES string of the molecule is Nc1[nH]ncc1CNc1ccc([N+](=O)[O-])c2ccncc12. The third-order valence-electron chi connectivity index (χ3n) is 3.21. The van der Waals surface area contributed by atoms with Gasteiger partial charge in [0.15, 0.2) is 0 Å². The summed E-state index contributed by atoms with van der Waals surface area (Å²) in [7, 11) is 0. The molecule has 1 aromatic carbocycles. The highest BCUT2D eigenvalue weighted by atomic mass is 16.6. The minimum Gasteiger partial charge on any atom is -0.384 e. The van der Waals surface area contributed by atoms with Crippen molar-refractivity contribution < 1.29 is 4.92 Å². The van der Waals surface area contributed by atoms with E-state index in [2.05, 4.69) is 20.5 Å². The molecule has 0 fully saturated rings. The molecule has 0 saturated carbocycles. The van der Waals surface area contributed by atoms with Crippen molar-refractivity contribution in [2.24, 2.45) is 0 Å². The van der Waals surface area contributed by atoms with Crippen molar-refractivity contribution in [3.8, 4) is 0 Å². The second-order valence-electron chi connectivity index (χ2n) is 4.47. The van der Waals surface area contributed by atoms with E-state index in [4.69, 9.17) is 5.73 Å². The highest BCUT2D eigenvalue weighted by molar-refractivity contribution is 5.99. The zero-order chi connectivity index (χ0) is 14.8. The van der Waals surface area contributed by atoms with Crippen LogP contribution < -0.4 is 11.1 Å². The third kappa shape index (κ3) is 2.34. The van der Waals surface area contributed by atoms with Gasteiger partial charge in [-0.2, -0.15) is 5.10 Å². The zero-order valence-corrected chi connectivity index (χ0v) is 10.9. The summed E-state index contributed by atoms with van der Waals surface area (Å²) in [4.78, 5) is 14.7. The van der Waals surface area contributed by atoms with Gasteiger partial charge in [-0.05, 0) is 12.1 Å². The van der Waals surface area contributed by atoms with Crippen LogP contribution in [0.3, 0.4) is 0 Å². The smallest absolute Gasteiger partial charge is 0.277 e. The number of hydrogen-bond donors (Lipinski definition) is 3. The van der Waals surface area contributed by atoms with Crippen LogP contribution in [0.5, 0.6) is 0 Å². The standard InChI is InChI=1S/C13H12N6O2/c14-13-8(6-17-18-13)5-16-11-1-2-12(19(20)21)9-3-4-15-7-10(9)11/h1-4,6-7,16H,5H2,(H3,14,17,18). The Morgan fingerprint density at radius 3 is 2.86 bits per heavy atom. The number of aromatic nitrogens is 3. The number of fused-ring (bicyclic) bond motifs is 1. The molecular formula is C13H12N6O2. The summed E-state index contributed by atoms with van der Waals surface area (Å²) in [6.45, 7) is 0.462. The van der Waals surface area contributed by atoms with Crippen LogP contribution >= 0.6 is 0 Å². The topological polar surface area (TPSA) is 123 Å². The molecule has 106 valence electrons. The van der Waals surface area contributed by atoms with Crippen LogP contribution in [0.1, 0.15) is 5.56 Å². The first-order chi connectivity index (χ1) is 10.2. The molecule has 0 radical (unpaired) electrons. The zero-order valence-electron chi connectivity index (χ0n) is 10.9. The van der Waals surface area contributed by atoms with Gasteiger partial charge in [0.1, 0.15) is 5.82 Å². The number of nitrogens with two attached hydrogens (primary N) is 1. The normalized spacial score (nSPS) is 10.7. The van der Waals surface area contributed by atoms with Gasteiger partial charge in [0.25, 0.3) is 5.69 Å². The van der Waals surface area contributed by atoms with Gasteiger partial charge in [-0.25, -0.2) is 0 Å². The summed E-state index contributed by atoms with van der Waals surface area (Å²) in [6.07, 6.45) is 4.77. The number of anilines is 2. The summed E-state index contributed by atoms with van der Waals surface area (Å²) in [5.74, 6) is 0.492. The number of nitro groups is 1. The number of non-ortho nitro benzene ring substituents is 1. The summed E-state index contributed by atoms with van der Waals surface area (Å²) >= 11 is 0. The van der Waals surface area contributed by atoms with Crippen LogP contribution in [0.4, 0.5) is 17.2 Å². The number of nitrogen functional groups attached to an aromatic ring is 1. The molecule has 0 spiro atoms. The Hall–Kier alpha value is -3.16. The lowest BCUT2D eigenvalue weighted by molar-refractivity contribution is -0.383. The molecule has 8 nitrogen and oxygen atoms in total. The van der Waals surface area contributed by atoms with Crippen molar-refractivity contribution in [1.29, 1.82) is 0 Å². The fraction of sp³-hybridized carbons (Fsp3) is 0.0769. The Labute approximate surface area is 119 Å². The molecule has 0 unspecified atom stereocenters. The minimum absolute atomic E-state index is 0.0563. The number of H-pyrrole nitrogens is 1. The van der Waals surface area contributed by atoms with E-state index < -0.39 is 4.92 Å². The molecule has 0 bridgehead atoms. The van der Waals surface area contributed by atoms with Gasteiger partial charge in [-0.1, -0.05) is 0 Å². The van der Waals surface area contributed by atoms with Crippen molar-refractivity contribution in [2.45, 2.75) is 6.54 Å². The Bertz CT molecular complexity index is 813. The Kier molecular flexibility index (Phi) is 3.11. The fourth-order valence-corrected chi connectivity index (χ4v) is 2.14. The van der Waals surface area contributed by atoms with Crippen molar-refractivity contribution in [3.63, 3.8) is 0 Å². The Balaban J connectivity index is 1.98. The van der Waals surface area contributed by atoms with E-state index >= 15 is 0 Å². The van der Waals surface area contributed by atoms with E-state index in [9.17, 15) is 10.1 Å². The summed E-state index contributed by atoms with van der Waals surface area (Å²) in [6, 6.07) is 4.77. The predicted molar refractivity (Wildman–Crippen MR) is 78.7 cm³/mol. The molecule has 0 aliphatic heterocycles. The number of nitrogens with zero attached hydrogens (tertiary/aromatic N) is 3. The van der Waals surface area contributed by atoms with Crippen molar-refractivity contribution in [1.82, 2.24) is 15.2 Å². The quantitative estimate of drug-likeness (QED) is 0.497. The van der Waals surface area contributed by atoms with Crippen LogP contribution in [0.25, 0.3) is 10.8 Å². The summed E-state index contributed by atoms with van der Waals surface area (Å²) in [5, 5.41) is 22.0. The number of aromatic amines is 1. The van der Waals surface area contributed by atoms with E-state index in [0.29, 0.717) is 23.1 Å². The first-order valence-corrected chi connectivity index (χ1v) is 6.19. The maximum Gasteiger partial charge on any atom is 0.277 e. The minimum atomic E-state index is -0.403. The van der Waals surface area contributed by atoms with Gasteiger partial charge >= 0.3 is 0 Å². The molecule has 8 heteroatoms. The van der Waals surface area contributed by atoms with Gasteiger partial charge in [0, 0.05) is 41.6 Å². The molecule has 0 aliphatic carbocycles. The van der Waals surface area contributed by atoms with E-state index in [-0.39, 0.29) is 5.69 Å². The Morgan fingerprint density at radius 2 is 2.14 bits per heavy atom.